The molecule has 5 nitrogen and oxygen atoms in total. The maximum absolute atomic E-state index is 12.3. The number of nitrogens with two attached hydrogens (primary N) is 1. The van der Waals surface area contributed by atoms with E-state index in [-0.39, 0.29) is 17.2 Å². The molecule has 4 N–H and O–H groups in total. The van der Waals surface area contributed by atoms with Gasteiger partial charge in [-0.1, -0.05) is 42.5 Å². The maximum atomic E-state index is 12.3. The number of anilines is 1. The first-order valence-electron chi connectivity index (χ1n) is 6.54. The zero-order chi connectivity index (χ0) is 15.3. The number of benzene rings is 2. The van der Waals surface area contributed by atoms with Gasteiger partial charge in [0.2, 0.25) is 10.0 Å². The molecule has 0 radical (unpaired) electrons. The lowest BCUT2D eigenvalue weighted by Gasteiger charge is -2.17. The van der Waals surface area contributed by atoms with E-state index in [1.165, 1.54) is 12.1 Å². The molecule has 0 aliphatic carbocycles. The highest BCUT2D eigenvalue weighted by atomic mass is 32.2. The van der Waals surface area contributed by atoms with E-state index in [9.17, 15) is 13.5 Å². The number of hydrogen-bond acceptors (Lipinski definition) is 4. The van der Waals surface area contributed by atoms with Gasteiger partial charge in [0.1, 0.15) is 4.90 Å². The van der Waals surface area contributed by atoms with E-state index in [1.54, 1.807) is 12.1 Å². The van der Waals surface area contributed by atoms with Crippen LogP contribution in [0.1, 0.15) is 5.56 Å². The number of para-hydroxylation sites is 1. The van der Waals surface area contributed by atoms with Crippen molar-refractivity contribution in [3.8, 4) is 0 Å². The molecule has 2 aromatic carbocycles. The van der Waals surface area contributed by atoms with Crippen LogP contribution < -0.4 is 10.5 Å². The van der Waals surface area contributed by atoms with E-state index < -0.39 is 16.1 Å². The van der Waals surface area contributed by atoms with Crippen molar-refractivity contribution in [2.75, 3.05) is 12.3 Å². The van der Waals surface area contributed by atoms with Gasteiger partial charge in [-0.3, -0.25) is 0 Å². The highest BCUT2D eigenvalue weighted by Crippen LogP contribution is 2.17. The predicted molar refractivity (Wildman–Crippen MR) is 82.2 cm³/mol. The van der Waals surface area contributed by atoms with E-state index in [2.05, 4.69) is 4.72 Å². The van der Waals surface area contributed by atoms with E-state index in [1.807, 2.05) is 30.3 Å². The van der Waals surface area contributed by atoms with Crippen molar-refractivity contribution in [3.63, 3.8) is 0 Å². The Morgan fingerprint density at radius 1 is 1.05 bits per heavy atom. The monoisotopic (exact) mass is 306 g/mol. The van der Waals surface area contributed by atoms with Crippen molar-refractivity contribution in [1.82, 2.24) is 4.72 Å². The molecular weight excluding hydrogens is 288 g/mol. The molecule has 0 heterocycles. The first kappa shape index (κ1) is 15.5. The number of nitrogen functional groups attached to an aromatic ring is 1. The molecule has 1 atom stereocenters. The highest BCUT2D eigenvalue weighted by Gasteiger charge is 2.21. The van der Waals surface area contributed by atoms with Crippen LogP contribution in [0, 0.1) is 0 Å². The second kappa shape index (κ2) is 6.71. The molecule has 112 valence electrons. The average molecular weight is 306 g/mol. The number of hydrogen-bond donors (Lipinski definition) is 3. The zero-order valence-electron chi connectivity index (χ0n) is 11.4. The minimum atomic E-state index is -3.76. The molecule has 0 saturated heterocycles. The second-order valence-electron chi connectivity index (χ2n) is 4.73. The largest absolute Gasteiger partial charge is 0.398 e. The van der Waals surface area contributed by atoms with Crippen LogP contribution >= 0.6 is 0 Å². The van der Waals surface area contributed by atoms with Crippen LogP contribution in [-0.4, -0.2) is 26.2 Å². The van der Waals surface area contributed by atoms with Gasteiger partial charge in [-0.2, -0.15) is 0 Å². The molecule has 0 aromatic heterocycles. The van der Waals surface area contributed by atoms with Gasteiger partial charge in [0.15, 0.2) is 0 Å². The van der Waals surface area contributed by atoms with Gasteiger partial charge in [-0.25, -0.2) is 13.1 Å². The molecule has 2 aromatic rings. The molecule has 0 fully saturated rings. The Bertz CT molecular complexity index is 687. The lowest BCUT2D eigenvalue weighted by Crippen LogP contribution is -2.39. The van der Waals surface area contributed by atoms with Gasteiger partial charge in [-0.05, 0) is 24.1 Å². The van der Waals surface area contributed by atoms with E-state index in [0.717, 1.165) is 5.56 Å². The number of nitrogens with one attached hydrogen (secondary N) is 1. The van der Waals surface area contributed by atoms with Crippen LogP contribution in [0.2, 0.25) is 0 Å². The molecule has 0 aliphatic rings. The predicted octanol–water partition coefficient (Wildman–Crippen LogP) is 1.15. The van der Waals surface area contributed by atoms with Gasteiger partial charge in [0, 0.05) is 6.04 Å². The van der Waals surface area contributed by atoms with Gasteiger partial charge in [-0.15, -0.1) is 0 Å². The first-order chi connectivity index (χ1) is 10.0. The Morgan fingerprint density at radius 3 is 2.29 bits per heavy atom. The number of aliphatic hydroxyl groups is 1. The van der Waals surface area contributed by atoms with Crippen LogP contribution in [-0.2, 0) is 16.4 Å². The summed E-state index contributed by atoms with van der Waals surface area (Å²) in [4.78, 5) is 0.0245. The summed E-state index contributed by atoms with van der Waals surface area (Å²) in [6.07, 6.45) is 0.406. The van der Waals surface area contributed by atoms with Gasteiger partial charge < -0.3 is 10.8 Å². The third-order valence-corrected chi connectivity index (χ3v) is 4.67. The Balaban J connectivity index is 2.16. The molecule has 2 rings (SSSR count). The highest BCUT2D eigenvalue weighted by molar-refractivity contribution is 7.89. The van der Waals surface area contributed by atoms with Crippen LogP contribution in [0.5, 0.6) is 0 Å². The standard InChI is InChI=1S/C15H18N2O3S/c16-14-8-4-5-9-15(14)21(19,20)17-13(11-18)10-12-6-2-1-3-7-12/h1-9,13,17-18H,10-11,16H2/t13-/m1/s1. The maximum Gasteiger partial charge on any atom is 0.242 e. The molecular formula is C15H18N2O3S. The number of sulfonamides is 1. The zero-order valence-corrected chi connectivity index (χ0v) is 12.3. The third kappa shape index (κ3) is 4.04. The van der Waals surface area contributed by atoms with Crippen molar-refractivity contribution in [1.29, 1.82) is 0 Å². The first-order valence-corrected chi connectivity index (χ1v) is 8.03. The van der Waals surface area contributed by atoms with Crippen LogP contribution in [0.3, 0.4) is 0 Å². The van der Waals surface area contributed by atoms with Crippen LogP contribution in [0.4, 0.5) is 5.69 Å². The van der Waals surface area contributed by atoms with Crippen molar-refractivity contribution in [2.45, 2.75) is 17.4 Å². The minimum Gasteiger partial charge on any atom is -0.398 e. The van der Waals surface area contributed by atoms with Crippen molar-refractivity contribution in [2.24, 2.45) is 0 Å². The molecule has 0 saturated carbocycles. The minimum absolute atomic E-state index is 0.0245. The summed E-state index contributed by atoms with van der Waals surface area (Å²) >= 11 is 0. The fourth-order valence-corrected chi connectivity index (χ4v) is 3.41. The Labute approximate surface area is 124 Å². The number of rotatable bonds is 6. The van der Waals surface area contributed by atoms with Crippen molar-refractivity contribution >= 4 is 15.7 Å². The van der Waals surface area contributed by atoms with E-state index in [0.29, 0.717) is 6.42 Å². The Morgan fingerprint density at radius 2 is 1.67 bits per heavy atom. The summed E-state index contributed by atoms with van der Waals surface area (Å²) in [6.45, 7) is -0.291. The average Bonchev–Trinajstić information content (AvgIpc) is 2.47. The van der Waals surface area contributed by atoms with Gasteiger partial charge >= 0.3 is 0 Å². The van der Waals surface area contributed by atoms with Gasteiger partial charge in [0.25, 0.3) is 0 Å². The Hall–Kier alpha value is -1.89. The molecule has 0 bridgehead atoms. The molecule has 0 spiro atoms. The van der Waals surface area contributed by atoms with E-state index in [4.69, 9.17) is 5.73 Å². The summed E-state index contributed by atoms with van der Waals surface area (Å²) in [5.41, 5.74) is 6.82. The normalized spacial score (nSPS) is 13.0. The third-order valence-electron chi connectivity index (χ3n) is 3.08. The van der Waals surface area contributed by atoms with Crippen LogP contribution in [0.25, 0.3) is 0 Å². The fraction of sp³-hybridized carbons (Fsp3) is 0.200. The molecule has 6 heteroatoms. The topological polar surface area (TPSA) is 92.4 Å². The van der Waals surface area contributed by atoms with Gasteiger partial charge in [0.05, 0.1) is 12.3 Å². The number of aliphatic hydroxyl groups excluding tert-OH is 1. The van der Waals surface area contributed by atoms with Crippen molar-refractivity contribution in [3.05, 3.63) is 60.2 Å². The quantitative estimate of drug-likeness (QED) is 0.698. The van der Waals surface area contributed by atoms with Crippen molar-refractivity contribution < 1.29 is 13.5 Å². The molecule has 0 unspecified atom stereocenters. The Kier molecular flexibility index (Phi) is 4.95. The second-order valence-corrected chi connectivity index (χ2v) is 6.41. The molecule has 0 aliphatic heterocycles. The summed E-state index contributed by atoms with van der Waals surface area (Å²) < 4.78 is 27.1. The summed E-state index contributed by atoms with van der Waals surface area (Å²) in [5.74, 6) is 0. The fourth-order valence-electron chi connectivity index (χ4n) is 2.05. The summed E-state index contributed by atoms with van der Waals surface area (Å²) in [5, 5.41) is 9.41. The smallest absolute Gasteiger partial charge is 0.242 e. The van der Waals surface area contributed by atoms with E-state index >= 15 is 0 Å². The lowest BCUT2D eigenvalue weighted by atomic mass is 10.1. The SMILES string of the molecule is Nc1ccccc1S(=O)(=O)N[C@@H](CO)Cc1ccccc1. The molecule has 21 heavy (non-hydrogen) atoms. The van der Waals surface area contributed by atoms with Crippen LogP contribution in [0.15, 0.2) is 59.5 Å². The summed E-state index contributed by atoms with van der Waals surface area (Å²) in [6, 6.07) is 15.0. The summed E-state index contributed by atoms with van der Waals surface area (Å²) in [7, 11) is -3.76. The lowest BCUT2D eigenvalue weighted by molar-refractivity contribution is 0.256. The molecule has 0 amide bonds.